The predicted molar refractivity (Wildman–Crippen MR) is 109 cm³/mol. The fraction of sp³-hybridized carbons (Fsp3) is 0.0952. The van der Waals surface area contributed by atoms with Gasteiger partial charge in [-0.3, -0.25) is 9.52 Å². The lowest BCUT2D eigenvalue weighted by atomic mass is 10.1. The first kappa shape index (κ1) is 18.8. The van der Waals surface area contributed by atoms with E-state index in [9.17, 15) is 13.2 Å². The van der Waals surface area contributed by atoms with Crippen molar-refractivity contribution in [3.8, 4) is 11.5 Å². The maximum Gasteiger partial charge on any atom is 0.261 e. The first-order valence-corrected chi connectivity index (χ1v) is 10.3. The van der Waals surface area contributed by atoms with E-state index in [2.05, 4.69) is 10.0 Å². The van der Waals surface area contributed by atoms with Crippen LogP contribution in [0.25, 0.3) is 0 Å². The Kier molecular flexibility index (Phi) is 4.85. The maximum absolute atomic E-state index is 12.8. The second kappa shape index (κ2) is 7.48. The smallest absolute Gasteiger partial charge is 0.261 e. The molecule has 0 spiro atoms. The Bertz CT molecular complexity index is 1170. The number of nitrogens with one attached hydrogen (secondary N) is 2. The number of benzene rings is 3. The molecule has 3 aromatic rings. The van der Waals surface area contributed by atoms with Crippen molar-refractivity contribution in [3.05, 3.63) is 77.9 Å². The molecule has 3 aromatic carbocycles. The highest BCUT2D eigenvalue weighted by atomic mass is 32.2. The average molecular weight is 410 g/mol. The fourth-order valence-corrected chi connectivity index (χ4v) is 3.94. The van der Waals surface area contributed by atoms with Gasteiger partial charge in [-0.2, -0.15) is 0 Å². The quantitative estimate of drug-likeness (QED) is 0.668. The van der Waals surface area contributed by atoms with Gasteiger partial charge in [-0.1, -0.05) is 29.8 Å². The van der Waals surface area contributed by atoms with Crippen molar-refractivity contribution in [3.63, 3.8) is 0 Å². The van der Waals surface area contributed by atoms with Gasteiger partial charge in [0.2, 0.25) is 6.79 Å². The van der Waals surface area contributed by atoms with Crippen molar-refractivity contribution in [1.29, 1.82) is 0 Å². The van der Waals surface area contributed by atoms with E-state index in [1.165, 1.54) is 12.1 Å². The number of hydrogen-bond donors (Lipinski definition) is 2. The number of amides is 1. The molecule has 0 fully saturated rings. The number of rotatable bonds is 5. The average Bonchev–Trinajstić information content (AvgIpc) is 3.16. The molecular formula is C21H18N2O5S. The lowest BCUT2D eigenvalue weighted by Gasteiger charge is -2.13. The highest BCUT2D eigenvalue weighted by molar-refractivity contribution is 7.92. The summed E-state index contributed by atoms with van der Waals surface area (Å²) in [7, 11) is -3.83. The van der Waals surface area contributed by atoms with Crippen LogP contribution in [0.5, 0.6) is 11.5 Å². The molecule has 1 aliphatic heterocycles. The van der Waals surface area contributed by atoms with Gasteiger partial charge in [0.25, 0.3) is 15.9 Å². The molecular weight excluding hydrogens is 392 g/mol. The molecule has 29 heavy (non-hydrogen) atoms. The molecule has 148 valence electrons. The van der Waals surface area contributed by atoms with E-state index in [1.54, 1.807) is 54.6 Å². The molecule has 7 nitrogen and oxygen atoms in total. The van der Waals surface area contributed by atoms with Gasteiger partial charge >= 0.3 is 0 Å². The Morgan fingerprint density at radius 1 is 0.931 bits per heavy atom. The van der Waals surface area contributed by atoms with Crippen molar-refractivity contribution in [2.45, 2.75) is 11.8 Å². The number of carbonyl (C=O) groups is 1. The van der Waals surface area contributed by atoms with Gasteiger partial charge in [0.1, 0.15) is 0 Å². The molecule has 0 saturated heterocycles. The van der Waals surface area contributed by atoms with Crippen LogP contribution in [0.4, 0.5) is 11.4 Å². The monoisotopic (exact) mass is 410 g/mol. The SMILES string of the molecule is Cc1ccc(S(=O)(=O)Nc2ccccc2C(=O)Nc2ccc3c(c2)OCO3)cc1. The summed E-state index contributed by atoms with van der Waals surface area (Å²) in [6.07, 6.45) is 0. The van der Waals surface area contributed by atoms with Crippen LogP contribution in [0.15, 0.2) is 71.6 Å². The van der Waals surface area contributed by atoms with Gasteiger partial charge < -0.3 is 14.8 Å². The summed E-state index contributed by atoms with van der Waals surface area (Å²) >= 11 is 0. The molecule has 0 saturated carbocycles. The molecule has 1 amide bonds. The van der Waals surface area contributed by atoms with E-state index < -0.39 is 15.9 Å². The maximum atomic E-state index is 12.8. The minimum atomic E-state index is -3.83. The largest absolute Gasteiger partial charge is 0.454 e. The first-order chi connectivity index (χ1) is 13.9. The number of ether oxygens (including phenoxy) is 2. The van der Waals surface area contributed by atoms with Crippen LogP contribution in [0.3, 0.4) is 0 Å². The fourth-order valence-electron chi connectivity index (χ4n) is 2.86. The predicted octanol–water partition coefficient (Wildman–Crippen LogP) is 3.78. The van der Waals surface area contributed by atoms with E-state index in [0.29, 0.717) is 17.2 Å². The summed E-state index contributed by atoms with van der Waals surface area (Å²) in [6.45, 7) is 2.01. The Morgan fingerprint density at radius 3 is 2.45 bits per heavy atom. The van der Waals surface area contributed by atoms with Crippen molar-refractivity contribution < 1.29 is 22.7 Å². The number of aryl methyl sites for hydroxylation is 1. The number of anilines is 2. The topological polar surface area (TPSA) is 93.7 Å². The van der Waals surface area contributed by atoms with Crippen LogP contribution in [0, 0.1) is 6.92 Å². The number of hydrogen-bond acceptors (Lipinski definition) is 5. The third-order valence-electron chi connectivity index (χ3n) is 4.38. The highest BCUT2D eigenvalue weighted by Crippen LogP contribution is 2.34. The standard InChI is InChI=1S/C21H18N2O5S/c1-14-6-9-16(10-7-14)29(25,26)23-18-5-3-2-4-17(18)21(24)22-15-8-11-19-20(12-15)28-13-27-19/h2-12,23H,13H2,1H3,(H,22,24). The molecule has 1 aliphatic rings. The van der Waals surface area contributed by atoms with Crippen molar-refractivity contribution >= 4 is 27.3 Å². The van der Waals surface area contributed by atoms with Crippen LogP contribution in [0.2, 0.25) is 0 Å². The van der Waals surface area contributed by atoms with Crippen LogP contribution in [-0.4, -0.2) is 21.1 Å². The van der Waals surface area contributed by atoms with E-state index in [0.717, 1.165) is 5.56 Å². The lowest BCUT2D eigenvalue weighted by Crippen LogP contribution is -2.18. The molecule has 4 rings (SSSR count). The van der Waals surface area contributed by atoms with Crippen molar-refractivity contribution in [1.82, 2.24) is 0 Å². The number of para-hydroxylation sites is 1. The molecule has 1 heterocycles. The zero-order valence-corrected chi connectivity index (χ0v) is 16.3. The summed E-state index contributed by atoms with van der Waals surface area (Å²) in [6, 6.07) is 17.9. The van der Waals surface area contributed by atoms with Crippen LogP contribution < -0.4 is 19.5 Å². The third-order valence-corrected chi connectivity index (χ3v) is 5.76. The first-order valence-electron chi connectivity index (χ1n) is 8.82. The van der Waals surface area contributed by atoms with E-state index in [4.69, 9.17) is 9.47 Å². The molecule has 0 bridgehead atoms. The second-order valence-corrected chi connectivity index (χ2v) is 8.17. The van der Waals surface area contributed by atoms with Gasteiger partial charge in [0, 0.05) is 11.8 Å². The third kappa shape index (κ3) is 4.02. The number of sulfonamides is 1. The summed E-state index contributed by atoms with van der Waals surface area (Å²) in [5, 5.41) is 2.75. The van der Waals surface area contributed by atoms with E-state index >= 15 is 0 Å². The summed E-state index contributed by atoms with van der Waals surface area (Å²) < 4.78 is 38.5. The van der Waals surface area contributed by atoms with Crippen LogP contribution in [-0.2, 0) is 10.0 Å². The van der Waals surface area contributed by atoms with Gasteiger partial charge in [0.15, 0.2) is 11.5 Å². The molecule has 0 aliphatic carbocycles. The van der Waals surface area contributed by atoms with E-state index in [-0.39, 0.29) is 22.9 Å². The minimum absolute atomic E-state index is 0.120. The highest BCUT2D eigenvalue weighted by Gasteiger charge is 2.19. The lowest BCUT2D eigenvalue weighted by molar-refractivity contribution is 0.102. The van der Waals surface area contributed by atoms with Gasteiger partial charge in [-0.15, -0.1) is 0 Å². The Hall–Kier alpha value is -3.52. The van der Waals surface area contributed by atoms with Gasteiger partial charge in [-0.25, -0.2) is 8.42 Å². The van der Waals surface area contributed by atoms with Gasteiger partial charge in [-0.05, 0) is 43.3 Å². The summed E-state index contributed by atoms with van der Waals surface area (Å²) in [5.74, 6) is 0.691. The molecule has 0 unspecified atom stereocenters. The second-order valence-electron chi connectivity index (χ2n) is 6.49. The van der Waals surface area contributed by atoms with Gasteiger partial charge in [0.05, 0.1) is 16.1 Å². The Morgan fingerprint density at radius 2 is 1.66 bits per heavy atom. The zero-order valence-electron chi connectivity index (χ0n) is 15.5. The molecule has 0 radical (unpaired) electrons. The van der Waals surface area contributed by atoms with Crippen molar-refractivity contribution in [2.24, 2.45) is 0 Å². The Labute approximate surface area is 168 Å². The molecule has 2 N–H and O–H groups in total. The molecule has 0 atom stereocenters. The van der Waals surface area contributed by atoms with Crippen molar-refractivity contribution in [2.75, 3.05) is 16.8 Å². The summed E-state index contributed by atoms with van der Waals surface area (Å²) in [4.78, 5) is 12.9. The van der Waals surface area contributed by atoms with E-state index in [1.807, 2.05) is 6.92 Å². The van der Waals surface area contributed by atoms with Crippen LogP contribution in [0.1, 0.15) is 15.9 Å². The zero-order chi connectivity index (χ0) is 20.4. The number of fused-ring (bicyclic) bond motifs is 1. The summed E-state index contributed by atoms with van der Waals surface area (Å²) in [5.41, 5.74) is 1.84. The Balaban J connectivity index is 1.58. The number of carbonyl (C=O) groups excluding carboxylic acids is 1. The van der Waals surface area contributed by atoms with Crippen LogP contribution >= 0.6 is 0 Å². The molecule has 0 aromatic heterocycles. The minimum Gasteiger partial charge on any atom is -0.454 e. The normalized spacial score (nSPS) is 12.4. The molecule has 8 heteroatoms.